The predicted molar refractivity (Wildman–Crippen MR) is 94.1 cm³/mol. The van der Waals surface area contributed by atoms with Gasteiger partial charge >= 0.3 is 0 Å². The van der Waals surface area contributed by atoms with E-state index in [4.69, 9.17) is 22.1 Å². The van der Waals surface area contributed by atoms with Crippen molar-refractivity contribution >= 4 is 11.6 Å². The third-order valence-corrected chi connectivity index (χ3v) is 4.83. The summed E-state index contributed by atoms with van der Waals surface area (Å²) in [5.74, 6) is 1.21. The number of nitrogens with one attached hydrogen (secondary N) is 1. The number of aromatic nitrogens is 5. The highest BCUT2D eigenvalue weighted by molar-refractivity contribution is 6.32. The van der Waals surface area contributed by atoms with Crippen LogP contribution in [0.15, 0.2) is 36.5 Å². The molecule has 0 bridgehead atoms. The van der Waals surface area contributed by atoms with Crippen LogP contribution in [0.2, 0.25) is 5.15 Å². The molecular weight excluding hydrogens is 340 g/mol. The van der Waals surface area contributed by atoms with Crippen molar-refractivity contribution in [3.05, 3.63) is 41.7 Å². The molecule has 2 heterocycles. The molecule has 1 saturated carbocycles. The normalized spacial score (nSPS) is 15.1. The molecule has 0 unspecified atom stereocenters. The highest BCUT2D eigenvalue weighted by Gasteiger charge is 2.42. The number of halogens is 1. The van der Waals surface area contributed by atoms with Gasteiger partial charge in [-0.25, -0.2) is 4.98 Å². The van der Waals surface area contributed by atoms with Crippen LogP contribution in [-0.2, 0) is 0 Å². The number of rotatable bonds is 6. The third kappa shape index (κ3) is 3.33. The largest absolute Gasteiger partial charge is 0.491 e. The first-order chi connectivity index (χ1) is 12.2. The second-order valence-corrected chi connectivity index (χ2v) is 6.68. The number of tetrazole rings is 1. The van der Waals surface area contributed by atoms with Gasteiger partial charge in [-0.3, -0.25) is 0 Å². The van der Waals surface area contributed by atoms with Crippen molar-refractivity contribution in [1.82, 2.24) is 25.6 Å². The Morgan fingerprint density at radius 3 is 2.80 bits per heavy atom. The van der Waals surface area contributed by atoms with Crippen molar-refractivity contribution in [2.24, 2.45) is 11.1 Å². The lowest BCUT2D eigenvalue weighted by Crippen LogP contribution is -2.22. The van der Waals surface area contributed by atoms with Gasteiger partial charge in [0.25, 0.3) is 0 Å². The Morgan fingerprint density at radius 1 is 1.24 bits per heavy atom. The minimum absolute atomic E-state index is 0.137. The van der Waals surface area contributed by atoms with Crippen LogP contribution < -0.4 is 10.5 Å². The summed E-state index contributed by atoms with van der Waals surface area (Å²) in [6.07, 6.45) is 3.87. The standard InChI is InChI=1S/C17H17ClN6O/c18-15-14(7-13(8-20-15)25-10-17(9-19)4-5-17)11-2-1-3-12(6-11)16-21-23-24-22-16/h1-3,6-8H,4-5,9-10,19H2,(H,21,22,23,24). The minimum atomic E-state index is 0.137. The van der Waals surface area contributed by atoms with E-state index in [-0.39, 0.29) is 5.41 Å². The number of H-pyrrole nitrogens is 1. The molecule has 0 spiro atoms. The van der Waals surface area contributed by atoms with Crippen LogP contribution in [0.4, 0.5) is 0 Å². The van der Waals surface area contributed by atoms with Gasteiger partial charge in [-0.05, 0) is 35.8 Å². The fourth-order valence-electron chi connectivity index (χ4n) is 2.64. The summed E-state index contributed by atoms with van der Waals surface area (Å²) in [5, 5.41) is 14.5. The number of aromatic amines is 1. The van der Waals surface area contributed by atoms with E-state index in [1.807, 2.05) is 30.3 Å². The molecule has 1 aromatic carbocycles. The zero-order valence-corrected chi connectivity index (χ0v) is 14.2. The molecule has 3 aromatic rings. The topological polar surface area (TPSA) is 103 Å². The Kier molecular flexibility index (Phi) is 4.10. The molecule has 7 nitrogen and oxygen atoms in total. The summed E-state index contributed by atoms with van der Waals surface area (Å²) in [7, 11) is 0. The number of ether oxygens (including phenoxy) is 1. The van der Waals surface area contributed by atoms with Gasteiger partial charge in [-0.2, -0.15) is 5.21 Å². The van der Waals surface area contributed by atoms with Crippen LogP contribution in [0.3, 0.4) is 0 Å². The molecule has 4 rings (SSSR count). The van der Waals surface area contributed by atoms with E-state index in [1.165, 1.54) is 0 Å². The lowest BCUT2D eigenvalue weighted by atomic mass is 10.0. The number of hydrogen-bond donors (Lipinski definition) is 2. The Bertz CT molecular complexity index is 879. The summed E-state index contributed by atoms with van der Waals surface area (Å²) in [6, 6.07) is 9.63. The summed E-state index contributed by atoms with van der Waals surface area (Å²) in [6.45, 7) is 1.25. The molecule has 2 aromatic heterocycles. The van der Waals surface area contributed by atoms with E-state index in [9.17, 15) is 0 Å². The van der Waals surface area contributed by atoms with Crippen LogP contribution in [0, 0.1) is 5.41 Å². The number of nitrogens with two attached hydrogens (primary N) is 1. The van der Waals surface area contributed by atoms with Gasteiger partial charge in [0.15, 0.2) is 0 Å². The zero-order chi connectivity index (χ0) is 17.3. The van der Waals surface area contributed by atoms with Gasteiger partial charge in [0.05, 0.1) is 12.8 Å². The Balaban J connectivity index is 1.61. The zero-order valence-electron chi connectivity index (χ0n) is 13.4. The summed E-state index contributed by atoms with van der Waals surface area (Å²) in [4.78, 5) is 4.25. The fraction of sp³-hybridized carbons (Fsp3) is 0.294. The Hall–Kier alpha value is -2.51. The van der Waals surface area contributed by atoms with Gasteiger partial charge in [0, 0.05) is 23.1 Å². The van der Waals surface area contributed by atoms with Gasteiger partial charge in [0.2, 0.25) is 5.82 Å². The summed E-state index contributed by atoms with van der Waals surface area (Å²) >= 11 is 6.30. The van der Waals surface area contributed by atoms with Crippen molar-refractivity contribution in [3.63, 3.8) is 0 Å². The predicted octanol–water partition coefficient (Wildman–Crippen LogP) is 2.70. The van der Waals surface area contributed by atoms with Crippen molar-refractivity contribution in [1.29, 1.82) is 0 Å². The number of hydrogen-bond acceptors (Lipinski definition) is 6. The molecule has 1 aliphatic rings. The molecule has 0 atom stereocenters. The second-order valence-electron chi connectivity index (χ2n) is 6.32. The first-order valence-corrected chi connectivity index (χ1v) is 8.40. The maximum absolute atomic E-state index is 6.30. The third-order valence-electron chi connectivity index (χ3n) is 4.53. The first kappa shape index (κ1) is 16.0. The van der Waals surface area contributed by atoms with Crippen LogP contribution >= 0.6 is 11.6 Å². The fourth-order valence-corrected chi connectivity index (χ4v) is 2.85. The van der Waals surface area contributed by atoms with E-state index in [0.29, 0.717) is 29.9 Å². The van der Waals surface area contributed by atoms with Crippen molar-refractivity contribution < 1.29 is 4.74 Å². The van der Waals surface area contributed by atoms with E-state index >= 15 is 0 Å². The lowest BCUT2D eigenvalue weighted by molar-refractivity contribution is 0.238. The lowest BCUT2D eigenvalue weighted by Gasteiger charge is -2.14. The van der Waals surface area contributed by atoms with Crippen LogP contribution in [0.25, 0.3) is 22.5 Å². The molecule has 8 heteroatoms. The minimum Gasteiger partial charge on any atom is -0.491 e. The Labute approximate surface area is 149 Å². The average Bonchev–Trinajstić information content (AvgIpc) is 3.22. The van der Waals surface area contributed by atoms with Gasteiger partial charge in [-0.15, -0.1) is 10.2 Å². The first-order valence-electron chi connectivity index (χ1n) is 8.02. The number of benzene rings is 1. The molecule has 0 aliphatic heterocycles. The van der Waals surface area contributed by atoms with Crippen LogP contribution in [0.5, 0.6) is 5.75 Å². The van der Waals surface area contributed by atoms with E-state index in [2.05, 4.69) is 25.6 Å². The second kappa shape index (κ2) is 6.42. The molecule has 1 aliphatic carbocycles. The monoisotopic (exact) mass is 356 g/mol. The van der Waals surface area contributed by atoms with E-state index in [1.54, 1.807) is 6.20 Å². The van der Waals surface area contributed by atoms with E-state index < -0.39 is 0 Å². The van der Waals surface area contributed by atoms with Gasteiger partial charge < -0.3 is 10.5 Å². The van der Waals surface area contributed by atoms with Crippen LogP contribution in [-0.4, -0.2) is 38.8 Å². The quantitative estimate of drug-likeness (QED) is 0.658. The summed E-state index contributed by atoms with van der Waals surface area (Å²) < 4.78 is 5.90. The maximum Gasteiger partial charge on any atom is 0.204 e. The van der Waals surface area contributed by atoms with Gasteiger partial charge in [0.1, 0.15) is 10.9 Å². The Morgan fingerprint density at radius 2 is 2.08 bits per heavy atom. The molecule has 25 heavy (non-hydrogen) atoms. The van der Waals surface area contributed by atoms with Crippen LogP contribution in [0.1, 0.15) is 12.8 Å². The maximum atomic E-state index is 6.30. The highest BCUT2D eigenvalue weighted by atomic mass is 35.5. The number of nitrogens with zero attached hydrogens (tertiary/aromatic N) is 4. The average molecular weight is 357 g/mol. The van der Waals surface area contributed by atoms with Crippen molar-refractivity contribution in [3.8, 4) is 28.3 Å². The molecule has 0 saturated heterocycles. The van der Waals surface area contributed by atoms with Gasteiger partial charge in [-0.1, -0.05) is 29.8 Å². The molecule has 0 amide bonds. The van der Waals surface area contributed by atoms with Crippen molar-refractivity contribution in [2.75, 3.05) is 13.2 Å². The molecule has 3 N–H and O–H groups in total. The van der Waals surface area contributed by atoms with E-state index in [0.717, 1.165) is 29.5 Å². The SMILES string of the molecule is NCC1(COc2cnc(Cl)c(-c3cccc(-c4nn[nH]n4)c3)c2)CC1. The smallest absolute Gasteiger partial charge is 0.204 e. The highest BCUT2D eigenvalue weighted by Crippen LogP contribution is 2.44. The molecular formula is C17H17ClN6O. The van der Waals surface area contributed by atoms with Crippen molar-refractivity contribution in [2.45, 2.75) is 12.8 Å². The molecule has 1 fully saturated rings. The number of pyridine rings is 1. The molecule has 0 radical (unpaired) electrons. The molecule has 128 valence electrons. The summed E-state index contributed by atoms with van der Waals surface area (Å²) in [5.41, 5.74) is 8.48.